The maximum Gasteiger partial charge on any atom is 0.257 e. The SMILES string of the molecule is CCCCCCCCCCCc1noc(-c2cccc(C[N+](CC)c3ccc4c(c3)OCO4)c2)n1. The van der Waals surface area contributed by atoms with E-state index in [1.165, 1.54) is 56.9 Å². The Morgan fingerprint density at radius 1 is 0.829 bits per heavy atom. The predicted molar refractivity (Wildman–Crippen MR) is 139 cm³/mol. The van der Waals surface area contributed by atoms with Gasteiger partial charge in [-0.3, -0.25) is 0 Å². The first kappa shape index (κ1) is 25.2. The molecule has 187 valence electrons. The summed E-state index contributed by atoms with van der Waals surface area (Å²) in [6.07, 6.45) is 12.7. The van der Waals surface area contributed by atoms with E-state index in [0.29, 0.717) is 5.89 Å². The van der Waals surface area contributed by atoms with E-state index in [4.69, 9.17) is 14.0 Å². The number of unbranched alkanes of at least 4 members (excludes halogenated alkanes) is 8. The fourth-order valence-electron chi connectivity index (χ4n) is 4.56. The Hall–Kier alpha value is -2.86. The van der Waals surface area contributed by atoms with Crippen LogP contribution in [0.15, 0.2) is 47.0 Å². The van der Waals surface area contributed by atoms with Crippen molar-refractivity contribution >= 4 is 5.69 Å². The van der Waals surface area contributed by atoms with Gasteiger partial charge in [-0.15, -0.1) is 4.90 Å². The van der Waals surface area contributed by atoms with E-state index in [1.807, 2.05) is 18.2 Å². The Labute approximate surface area is 209 Å². The highest BCUT2D eigenvalue weighted by molar-refractivity contribution is 5.56. The lowest BCUT2D eigenvalue weighted by Crippen LogP contribution is -2.23. The summed E-state index contributed by atoms with van der Waals surface area (Å²) >= 11 is 0. The van der Waals surface area contributed by atoms with Crippen LogP contribution in [0, 0.1) is 0 Å². The van der Waals surface area contributed by atoms with Crippen molar-refractivity contribution in [1.29, 1.82) is 0 Å². The summed E-state index contributed by atoms with van der Waals surface area (Å²) in [6.45, 7) is 6.38. The summed E-state index contributed by atoms with van der Waals surface area (Å²) in [5.74, 6) is 3.02. The monoisotopic (exact) mass is 477 g/mol. The van der Waals surface area contributed by atoms with Crippen molar-refractivity contribution in [2.24, 2.45) is 0 Å². The molecule has 0 bridgehead atoms. The van der Waals surface area contributed by atoms with Crippen LogP contribution in [0.4, 0.5) is 5.69 Å². The molecule has 6 nitrogen and oxygen atoms in total. The molecule has 2 aromatic carbocycles. The van der Waals surface area contributed by atoms with Crippen molar-refractivity contribution in [2.45, 2.75) is 84.6 Å². The maximum atomic E-state index is 5.60. The molecule has 3 aromatic rings. The number of rotatable bonds is 15. The second-order valence-electron chi connectivity index (χ2n) is 9.35. The molecular weight excluding hydrogens is 438 g/mol. The second-order valence-corrected chi connectivity index (χ2v) is 9.35. The molecule has 0 amide bonds. The van der Waals surface area contributed by atoms with E-state index in [2.05, 4.69) is 53.2 Å². The molecule has 0 aliphatic carbocycles. The number of fused-ring (bicyclic) bond motifs is 1. The molecule has 0 N–H and O–H groups in total. The molecule has 1 aliphatic heterocycles. The van der Waals surface area contributed by atoms with Gasteiger partial charge in [0.25, 0.3) is 5.89 Å². The first-order chi connectivity index (χ1) is 17.3. The maximum absolute atomic E-state index is 5.60. The minimum absolute atomic E-state index is 0.290. The molecule has 0 atom stereocenters. The van der Waals surface area contributed by atoms with Crippen molar-refractivity contribution < 1.29 is 14.0 Å². The second kappa shape index (κ2) is 13.3. The number of aryl methyl sites for hydroxylation is 1. The van der Waals surface area contributed by atoms with Crippen molar-refractivity contribution in [3.05, 3.63) is 53.9 Å². The van der Waals surface area contributed by atoms with Gasteiger partial charge < -0.3 is 14.0 Å². The van der Waals surface area contributed by atoms with Gasteiger partial charge in [0.15, 0.2) is 29.6 Å². The van der Waals surface area contributed by atoms with Gasteiger partial charge in [-0.25, -0.2) is 0 Å². The van der Waals surface area contributed by atoms with Crippen molar-refractivity contribution in [3.8, 4) is 23.0 Å². The Kier molecular flexibility index (Phi) is 9.58. The fraction of sp³-hybridized carbons (Fsp3) is 0.517. The van der Waals surface area contributed by atoms with E-state index in [9.17, 15) is 0 Å². The molecule has 0 saturated carbocycles. The van der Waals surface area contributed by atoms with Crippen molar-refractivity contribution in [1.82, 2.24) is 15.0 Å². The van der Waals surface area contributed by atoms with Crippen molar-refractivity contribution in [2.75, 3.05) is 13.3 Å². The van der Waals surface area contributed by atoms with Gasteiger partial charge in [-0.1, -0.05) is 75.6 Å². The molecular formula is C29H39N3O3+. The molecule has 0 saturated heterocycles. The minimum Gasteiger partial charge on any atom is -0.454 e. The third-order valence-electron chi connectivity index (χ3n) is 6.62. The smallest absolute Gasteiger partial charge is 0.257 e. The van der Waals surface area contributed by atoms with E-state index in [1.54, 1.807) is 0 Å². The number of nitrogens with zero attached hydrogens (tertiary/aromatic N) is 3. The molecule has 1 aliphatic rings. The van der Waals surface area contributed by atoms with Gasteiger partial charge in [0.2, 0.25) is 6.79 Å². The predicted octanol–water partition coefficient (Wildman–Crippen LogP) is 7.53. The average molecular weight is 478 g/mol. The summed E-state index contributed by atoms with van der Waals surface area (Å²) in [5.41, 5.74) is 3.28. The zero-order chi connectivity index (χ0) is 24.3. The van der Waals surface area contributed by atoms with E-state index < -0.39 is 0 Å². The van der Waals surface area contributed by atoms with Crippen LogP contribution < -0.4 is 14.4 Å². The highest BCUT2D eigenvalue weighted by Crippen LogP contribution is 2.35. The van der Waals surface area contributed by atoms with Gasteiger partial charge in [-0.2, -0.15) is 4.98 Å². The van der Waals surface area contributed by atoms with Gasteiger partial charge >= 0.3 is 0 Å². The summed E-state index contributed by atoms with van der Waals surface area (Å²) in [5, 5.41) is 4.23. The molecule has 6 heteroatoms. The molecule has 1 radical (unpaired) electrons. The molecule has 35 heavy (non-hydrogen) atoms. The molecule has 0 spiro atoms. The van der Waals surface area contributed by atoms with Gasteiger partial charge in [0.1, 0.15) is 6.54 Å². The van der Waals surface area contributed by atoms with E-state index in [0.717, 1.165) is 54.5 Å². The highest BCUT2D eigenvalue weighted by Gasteiger charge is 2.22. The minimum atomic E-state index is 0.290. The van der Waals surface area contributed by atoms with Crippen LogP contribution in [0.5, 0.6) is 11.5 Å². The summed E-state index contributed by atoms with van der Waals surface area (Å²) < 4.78 is 16.6. The topological polar surface area (TPSA) is 63.3 Å². The number of aromatic nitrogens is 2. The van der Waals surface area contributed by atoms with Crippen LogP contribution in [0.3, 0.4) is 0 Å². The third kappa shape index (κ3) is 7.31. The molecule has 4 rings (SSSR count). The first-order valence-corrected chi connectivity index (χ1v) is 13.3. The molecule has 1 aromatic heterocycles. The zero-order valence-electron chi connectivity index (χ0n) is 21.3. The van der Waals surface area contributed by atoms with E-state index in [-0.39, 0.29) is 6.79 Å². The quantitative estimate of drug-likeness (QED) is 0.167. The van der Waals surface area contributed by atoms with Crippen LogP contribution in [-0.2, 0) is 13.0 Å². The number of hydrogen-bond donors (Lipinski definition) is 0. The Morgan fingerprint density at radius 3 is 2.40 bits per heavy atom. The summed E-state index contributed by atoms with van der Waals surface area (Å²) in [7, 11) is 0. The van der Waals surface area contributed by atoms with Crippen LogP contribution in [0.2, 0.25) is 0 Å². The van der Waals surface area contributed by atoms with E-state index >= 15 is 0 Å². The van der Waals surface area contributed by atoms with Crippen LogP contribution in [0.25, 0.3) is 11.5 Å². The summed E-state index contributed by atoms with van der Waals surface area (Å²) in [6, 6.07) is 14.5. The number of ether oxygens (including phenoxy) is 2. The third-order valence-corrected chi connectivity index (χ3v) is 6.62. The fourth-order valence-corrected chi connectivity index (χ4v) is 4.56. The average Bonchev–Trinajstić information content (AvgIpc) is 3.56. The van der Waals surface area contributed by atoms with Crippen LogP contribution in [-0.4, -0.2) is 23.5 Å². The number of hydrogen-bond acceptors (Lipinski definition) is 6. The number of anilines is 1. The Bertz CT molecular complexity index is 1050. The largest absolute Gasteiger partial charge is 0.454 e. The Morgan fingerprint density at radius 2 is 1.60 bits per heavy atom. The molecule has 2 heterocycles. The standard InChI is InChI=1S/C29H39N3O3/c1-3-5-6-7-8-9-10-11-12-16-28-30-29(35-31-28)24-15-13-14-23(19-24)21-32(4-2)25-17-18-26-27(20-25)34-22-33-26/h13-15,17-20H,3-12,16,21-22H2,1-2H3/q+1. The highest BCUT2D eigenvalue weighted by atomic mass is 16.7. The molecule has 0 fully saturated rings. The van der Waals surface area contributed by atoms with Crippen LogP contribution >= 0.6 is 0 Å². The Balaban J connectivity index is 1.27. The lowest BCUT2D eigenvalue weighted by Gasteiger charge is -2.11. The zero-order valence-corrected chi connectivity index (χ0v) is 21.3. The molecule has 0 unspecified atom stereocenters. The van der Waals surface area contributed by atoms with Gasteiger partial charge in [0, 0.05) is 23.6 Å². The summed E-state index contributed by atoms with van der Waals surface area (Å²) in [4.78, 5) is 6.97. The first-order valence-electron chi connectivity index (χ1n) is 13.3. The van der Waals surface area contributed by atoms with Gasteiger partial charge in [-0.05, 0) is 31.5 Å². The van der Waals surface area contributed by atoms with Crippen molar-refractivity contribution in [3.63, 3.8) is 0 Å². The van der Waals surface area contributed by atoms with Crippen LogP contribution in [0.1, 0.15) is 83.0 Å². The normalized spacial score (nSPS) is 12.5. The van der Waals surface area contributed by atoms with Gasteiger partial charge in [0.05, 0.1) is 6.07 Å². The lowest BCUT2D eigenvalue weighted by atomic mass is 10.1. The lowest BCUT2D eigenvalue weighted by molar-refractivity contribution is 0.174. The number of benzene rings is 2.